The summed E-state index contributed by atoms with van der Waals surface area (Å²) in [6.07, 6.45) is 4.70. The summed E-state index contributed by atoms with van der Waals surface area (Å²) in [6.45, 7) is 4.77. The first-order chi connectivity index (χ1) is 16.0. The summed E-state index contributed by atoms with van der Waals surface area (Å²) in [5.74, 6) is 1.43. The highest BCUT2D eigenvalue weighted by molar-refractivity contribution is 5.98. The summed E-state index contributed by atoms with van der Waals surface area (Å²) >= 11 is 0. The van der Waals surface area contributed by atoms with E-state index in [-0.39, 0.29) is 11.9 Å². The van der Waals surface area contributed by atoms with Crippen LogP contribution in [0.3, 0.4) is 0 Å². The quantitative estimate of drug-likeness (QED) is 0.557. The summed E-state index contributed by atoms with van der Waals surface area (Å²) in [4.78, 5) is 25.9. The number of nitrogens with zero attached hydrogens (tertiary/aromatic N) is 3. The van der Waals surface area contributed by atoms with Gasteiger partial charge in [-0.3, -0.25) is 14.3 Å². The number of ether oxygens (including phenoxy) is 2. The van der Waals surface area contributed by atoms with Crippen molar-refractivity contribution in [2.75, 3.05) is 20.2 Å². The van der Waals surface area contributed by atoms with Gasteiger partial charge in [0.1, 0.15) is 22.9 Å². The van der Waals surface area contributed by atoms with Gasteiger partial charge in [-0.15, -0.1) is 0 Å². The van der Waals surface area contributed by atoms with Crippen molar-refractivity contribution in [3.8, 4) is 28.5 Å². The lowest BCUT2D eigenvalue weighted by Crippen LogP contribution is -2.40. The third-order valence-electron chi connectivity index (χ3n) is 5.68. The molecule has 2 N–H and O–H groups in total. The number of aromatic nitrogens is 2. The Balaban J connectivity index is 1.55. The van der Waals surface area contributed by atoms with E-state index in [0.717, 1.165) is 24.2 Å². The van der Waals surface area contributed by atoms with E-state index in [2.05, 4.69) is 11.7 Å². The minimum absolute atomic E-state index is 0.0350. The van der Waals surface area contributed by atoms with Crippen LogP contribution in [0.5, 0.6) is 17.2 Å². The second-order valence-corrected chi connectivity index (χ2v) is 7.82. The van der Waals surface area contributed by atoms with Crippen LogP contribution in [0.15, 0.2) is 67.4 Å². The molecule has 1 aromatic heterocycles. The number of piperidine rings is 1. The smallest absolute Gasteiger partial charge is 0.252 e. The van der Waals surface area contributed by atoms with E-state index in [1.807, 2.05) is 48.5 Å². The SMILES string of the molecule is C=CC(=O)N1CCCC(n2cc(C(N)=O)c(-c3ccc(Oc4ccc(OC)cc4)cc3)n2)C1. The molecule has 1 fully saturated rings. The number of likely N-dealkylation sites (tertiary alicyclic amines) is 1. The molecule has 2 aromatic carbocycles. The fourth-order valence-corrected chi connectivity index (χ4v) is 3.93. The van der Waals surface area contributed by atoms with E-state index in [1.54, 1.807) is 22.9 Å². The lowest BCUT2D eigenvalue weighted by Gasteiger charge is -2.32. The van der Waals surface area contributed by atoms with E-state index in [4.69, 9.17) is 15.2 Å². The van der Waals surface area contributed by atoms with Crippen LogP contribution in [0.25, 0.3) is 11.3 Å². The second kappa shape index (κ2) is 9.60. The average Bonchev–Trinajstić information content (AvgIpc) is 3.31. The number of hydrogen-bond acceptors (Lipinski definition) is 5. The molecule has 0 saturated carbocycles. The van der Waals surface area contributed by atoms with Gasteiger partial charge in [0.15, 0.2) is 0 Å². The average molecular weight is 447 g/mol. The summed E-state index contributed by atoms with van der Waals surface area (Å²) in [6, 6.07) is 14.6. The summed E-state index contributed by atoms with van der Waals surface area (Å²) < 4.78 is 12.8. The van der Waals surface area contributed by atoms with E-state index in [9.17, 15) is 9.59 Å². The van der Waals surface area contributed by atoms with Crippen molar-refractivity contribution in [3.63, 3.8) is 0 Å². The van der Waals surface area contributed by atoms with Crippen LogP contribution >= 0.6 is 0 Å². The molecule has 3 aromatic rings. The normalized spacial score (nSPS) is 15.7. The molecule has 1 atom stereocenters. The molecule has 1 aliphatic rings. The zero-order valence-corrected chi connectivity index (χ0v) is 18.4. The lowest BCUT2D eigenvalue weighted by atomic mass is 10.1. The highest BCUT2D eigenvalue weighted by Gasteiger charge is 2.26. The molecule has 1 aliphatic heterocycles. The highest BCUT2D eigenvalue weighted by Crippen LogP contribution is 2.30. The number of primary amides is 1. The van der Waals surface area contributed by atoms with Crippen molar-refractivity contribution >= 4 is 11.8 Å². The molecule has 0 radical (unpaired) electrons. The van der Waals surface area contributed by atoms with E-state index in [0.29, 0.717) is 35.8 Å². The van der Waals surface area contributed by atoms with Gasteiger partial charge in [-0.1, -0.05) is 6.58 Å². The Morgan fingerprint density at radius 3 is 2.33 bits per heavy atom. The predicted molar refractivity (Wildman–Crippen MR) is 124 cm³/mol. The first kappa shape index (κ1) is 22.1. The number of amides is 2. The van der Waals surface area contributed by atoms with Gasteiger partial charge in [0.25, 0.3) is 5.91 Å². The molecule has 0 aliphatic carbocycles. The second-order valence-electron chi connectivity index (χ2n) is 7.82. The van der Waals surface area contributed by atoms with Gasteiger partial charge in [0.05, 0.1) is 18.7 Å². The molecule has 33 heavy (non-hydrogen) atoms. The first-order valence-electron chi connectivity index (χ1n) is 10.7. The Labute approximate surface area is 192 Å². The summed E-state index contributed by atoms with van der Waals surface area (Å²) in [7, 11) is 1.61. The van der Waals surface area contributed by atoms with Crippen LogP contribution in [-0.2, 0) is 4.79 Å². The van der Waals surface area contributed by atoms with Crippen LogP contribution in [-0.4, -0.2) is 46.7 Å². The summed E-state index contributed by atoms with van der Waals surface area (Å²) in [5.41, 5.74) is 7.24. The van der Waals surface area contributed by atoms with Crippen molar-refractivity contribution in [3.05, 3.63) is 72.9 Å². The molecule has 0 spiro atoms. The Bertz CT molecular complexity index is 1150. The molecule has 0 bridgehead atoms. The topological polar surface area (TPSA) is 99.7 Å². The standard InChI is InChI=1S/C25H26N4O4/c1-3-23(30)28-14-4-5-18(15-28)29-16-22(25(26)31)24(27-29)17-6-8-20(9-7-17)33-21-12-10-19(32-2)11-13-21/h3,6-13,16,18H,1,4-5,14-15H2,2H3,(H2,26,31). The van der Waals surface area contributed by atoms with Crippen molar-refractivity contribution in [1.82, 2.24) is 14.7 Å². The third-order valence-corrected chi connectivity index (χ3v) is 5.68. The molecule has 1 unspecified atom stereocenters. The van der Waals surface area contributed by atoms with Crippen LogP contribution in [0.4, 0.5) is 0 Å². The van der Waals surface area contributed by atoms with Crippen LogP contribution < -0.4 is 15.2 Å². The Morgan fingerprint density at radius 1 is 1.09 bits per heavy atom. The maximum Gasteiger partial charge on any atom is 0.252 e. The van der Waals surface area contributed by atoms with Gasteiger partial charge in [0, 0.05) is 24.8 Å². The van der Waals surface area contributed by atoms with Gasteiger partial charge in [0.2, 0.25) is 5.91 Å². The number of methoxy groups -OCH3 is 1. The Morgan fingerprint density at radius 2 is 1.73 bits per heavy atom. The number of nitrogens with two attached hydrogens (primary N) is 1. The van der Waals surface area contributed by atoms with E-state index in [1.165, 1.54) is 6.08 Å². The van der Waals surface area contributed by atoms with Crippen molar-refractivity contribution in [1.29, 1.82) is 0 Å². The lowest BCUT2D eigenvalue weighted by molar-refractivity contribution is -0.127. The zero-order valence-electron chi connectivity index (χ0n) is 18.4. The Hall–Kier alpha value is -4.07. The first-order valence-corrected chi connectivity index (χ1v) is 10.7. The Kier molecular flexibility index (Phi) is 6.44. The third kappa shape index (κ3) is 4.90. The maximum atomic E-state index is 12.1. The molecule has 4 rings (SSSR count). The van der Waals surface area contributed by atoms with Crippen molar-refractivity contribution in [2.45, 2.75) is 18.9 Å². The number of benzene rings is 2. The van der Waals surface area contributed by atoms with Gasteiger partial charge < -0.3 is 20.1 Å². The largest absolute Gasteiger partial charge is 0.497 e. The number of hydrogen-bond donors (Lipinski definition) is 1. The molecule has 2 heterocycles. The summed E-state index contributed by atoms with van der Waals surface area (Å²) in [5, 5.41) is 4.68. The van der Waals surface area contributed by atoms with Crippen LogP contribution in [0.2, 0.25) is 0 Å². The predicted octanol–water partition coefficient (Wildman–Crippen LogP) is 3.80. The fraction of sp³-hybridized carbons (Fsp3) is 0.240. The van der Waals surface area contributed by atoms with Gasteiger partial charge in [-0.05, 0) is 67.4 Å². The molecular weight excluding hydrogens is 420 g/mol. The maximum absolute atomic E-state index is 12.1. The minimum Gasteiger partial charge on any atom is -0.497 e. The van der Waals surface area contributed by atoms with Crippen molar-refractivity contribution < 1.29 is 19.1 Å². The van der Waals surface area contributed by atoms with Gasteiger partial charge in [-0.2, -0.15) is 5.10 Å². The minimum atomic E-state index is -0.551. The highest BCUT2D eigenvalue weighted by atomic mass is 16.5. The van der Waals surface area contributed by atoms with Crippen LogP contribution in [0, 0.1) is 0 Å². The monoisotopic (exact) mass is 446 g/mol. The molecular formula is C25H26N4O4. The van der Waals surface area contributed by atoms with E-state index < -0.39 is 5.91 Å². The number of carbonyl (C=O) groups is 2. The zero-order chi connectivity index (χ0) is 23.4. The van der Waals surface area contributed by atoms with Gasteiger partial charge >= 0.3 is 0 Å². The fourth-order valence-electron chi connectivity index (χ4n) is 3.93. The van der Waals surface area contributed by atoms with Crippen molar-refractivity contribution in [2.24, 2.45) is 5.73 Å². The van der Waals surface area contributed by atoms with E-state index >= 15 is 0 Å². The molecule has 1 saturated heterocycles. The van der Waals surface area contributed by atoms with Gasteiger partial charge in [-0.25, -0.2) is 0 Å². The molecule has 8 nitrogen and oxygen atoms in total. The number of carbonyl (C=O) groups excluding carboxylic acids is 2. The number of rotatable bonds is 7. The molecule has 2 amide bonds. The molecule has 8 heteroatoms. The molecule has 170 valence electrons. The van der Waals surface area contributed by atoms with Crippen LogP contribution in [0.1, 0.15) is 29.2 Å².